The van der Waals surface area contributed by atoms with Gasteiger partial charge in [-0.3, -0.25) is 9.59 Å². The van der Waals surface area contributed by atoms with Gasteiger partial charge in [0.1, 0.15) is 11.6 Å². The highest BCUT2D eigenvalue weighted by Gasteiger charge is 2.27. The van der Waals surface area contributed by atoms with E-state index in [0.717, 1.165) is 12.1 Å². The normalized spacial score (nSPS) is 15.6. The fourth-order valence-electron chi connectivity index (χ4n) is 2.65. The van der Waals surface area contributed by atoms with Crippen LogP contribution < -0.4 is 0 Å². The highest BCUT2D eigenvalue weighted by atomic mass is 35.5. The summed E-state index contributed by atoms with van der Waals surface area (Å²) in [6.45, 7) is 2.88. The van der Waals surface area contributed by atoms with Crippen molar-refractivity contribution in [1.29, 1.82) is 0 Å². The first kappa shape index (κ1) is 17.7. The van der Waals surface area contributed by atoms with Gasteiger partial charge >= 0.3 is 5.97 Å². The Hall–Kier alpha value is -1.69. The summed E-state index contributed by atoms with van der Waals surface area (Å²) in [7, 11) is 0. The number of benzene rings is 1. The Kier molecular flexibility index (Phi) is 5.93. The predicted octanol–water partition coefficient (Wildman–Crippen LogP) is 3.42. The van der Waals surface area contributed by atoms with Crippen LogP contribution in [0.2, 0.25) is 5.02 Å². The summed E-state index contributed by atoms with van der Waals surface area (Å²) in [6, 6.07) is 1.63. The second-order valence-electron chi connectivity index (χ2n) is 5.49. The number of esters is 1. The van der Waals surface area contributed by atoms with Gasteiger partial charge in [-0.1, -0.05) is 11.6 Å². The zero-order chi connectivity index (χ0) is 17.0. The molecule has 0 radical (unpaired) electrons. The van der Waals surface area contributed by atoms with Crippen molar-refractivity contribution >= 4 is 23.5 Å². The summed E-state index contributed by atoms with van der Waals surface area (Å²) in [4.78, 5) is 25.2. The highest BCUT2D eigenvalue weighted by molar-refractivity contribution is 6.30. The van der Waals surface area contributed by atoms with Crippen molar-refractivity contribution in [2.45, 2.75) is 26.2 Å². The SMILES string of the molecule is CCOC(=O)CC1CCN(C(=O)c2cc(F)c(Cl)cc2F)CC1. The van der Waals surface area contributed by atoms with E-state index in [1.54, 1.807) is 6.92 Å². The lowest BCUT2D eigenvalue weighted by molar-refractivity contribution is -0.144. The minimum atomic E-state index is -0.838. The third-order valence-corrected chi connectivity index (χ3v) is 4.19. The first-order chi connectivity index (χ1) is 10.9. The van der Waals surface area contributed by atoms with E-state index in [0.29, 0.717) is 39.0 Å². The average Bonchev–Trinajstić information content (AvgIpc) is 2.51. The van der Waals surface area contributed by atoms with Crippen molar-refractivity contribution in [3.63, 3.8) is 0 Å². The van der Waals surface area contributed by atoms with Gasteiger partial charge in [-0.15, -0.1) is 0 Å². The minimum absolute atomic E-state index is 0.143. The molecule has 1 amide bonds. The molecule has 126 valence electrons. The molecule has 1 aromatic carbocycles. The second kappa shape index (κ2) is 7.73. The van der Waals surface area contributed by atoms with Crippen molar-refractivity contribution in [2.75, 3.05) is 19.7 Å². The van der Waals surface area contributed by atoms with Gasteiger partial charge in [0.15, 0.2) is 0 Å². The molecule has 4 nitrogen and oxygen atoms in total. The molecule has 7 heteroatoms. The Balaban J connectivity index is 1.96. The predicted molar refractivity (Wildman–Crippen MR) is 81.2 cm³/mol. The summed E-state index contributed by atoms with van der Waals surface area (Å²) in [5, 5.41) is -0.354. The van der Waals surface area contributed by atoms with Crippen LogP contribution >= 0.6 is 11.6 Å². The van der Waals surface area contributed by atoms with Gasteiger partial charge in [-0.25, -0.2) is 8.78 Å². The maximum Gasteiger partial charge on any atom is 0.306 e. The van der Waals surface area contributed by atoms with Crippen LogP contribution in [0.15, 0.2) is 12.1 Å². The summed E-state index contributed by atoms with van der Waals surface area (Å²) in [5.41, 5.74) is -0.323. The Morgan fingerprint density at radius 2 is 1.91 bits per heavy atom. The van der Waals surface area contributed by atoms with Gasteiger partial charge in [0, 0.05) is 19.5 Å². The van der Waals surface area contributed by atoms with E-state index in [9.17, 15) is 18.4 Å². The van der Waals surface area contributed by atoms with Crippen LogP contribution in [-0.2, 0) is 9.53 Å². The van der Waals surface area contributed by atoms with Crippen molar-refractivity contribution < 1.29 is 23.1 Å². The van der Waals surface area contributed by atoms with Gasteiger partial charge in [-0.05, 0) is 37.8 Å². The number of halogens is 3. The molecular weight excluding hydrogens is 328 g/mol. The Morgan fingerprint density at radius 1 is 1.26 bits per heavy atom. The Labute approximate surface area is 138 Å². The van der Waals surface area contributed by atoms with Crippen molar-refractivity contribution in [3.8, 4) is 0 Å². The standard InChI is InChI=1S/C16H18ClF2NO3/c1-2-23-15(21)7-10-3-5-20(6-4-10)16(22)11-8-14(19)12(17)9-13(11)18/h8-10H,2-7H2,1H3. The van der Waals surface area contributed by atoms with E-state index < -0.39 is 17.5 Å². The zero-order valence-electron chi connectivity index (χ0n) is 12.8. The average molecular weight is 346 g/mol. The summed E-state index contributed by atoms with van der Waals surface area (Å²) in [5.74, 6) is -2.33. The first-order valence-corrected chi connectivity index (χ1v) is 7.89. The van der Waals surface area contributed by atoms with Crippen LogP contribution in [0.25, 0.3) is 0 Å². The Morgan fingerprint density at radius 3 is 2.52 bits per heavy atom. The number of carbonyl (C=O) groups excluding carboxylic acids is 2. The number of amides is 1. The molecule has 0 N–H and O–H groups in total. The van der Waals surface area contributed by atoms with Crippen LogP contribution in [0.4, 0.5) is 8.78 Å². The molecule has 1 aliphatic heterocycles. The van der Waals surface area contributed by atoms with Gasteiger partial charge < -0.3 is 9.64 Å². The van der Waals surface area contributed by atoms with Gasteiger partial charge in [0.05, 0.1) is 17.2 Å². The molecule has 1 saturated heterocycles. The lowest BCUT2D eigenvalue weighted by atomic mass is 9.93. The van der Waals surface area contributed by atoms with Gasteiger partial charge in [-0.2, -0.15) is 0 Å². The lowest BCUT2D eigenvalue weighted by Crippen LogP contribution is -2.39. The number of hydrogen-bond acceptors (Lipinski definition) is 3. The smallest absolute Gasteiger partial charge is 0.306 e. The summed E-state index contributed by atoms with van der Waals surface area (Å²) < 4.78 is 32.2. The van der Waals surface area contributed by atoms with Crippen LogP contribution in [0.3, 0.4) is 0 Å². The lowest BCUT2D eigenvalue weighted by Gasteiger charge is -2.31. The van der Waals surface area contributed by atoms with E-state index >= 15 is 0 Å². The highest BCUT2D eigenvalue weighted by Crippen LogP contribution is 2.25. The number of ether oxygens (including phenoxy) is 1. The van der Waals surface area contributed by atoms with E-state index in [1.807, 2.05) is 0 Å². The first-order valence-electron chi connectivity index (χ1n) is 7.51. The maximum absolute atomic E-state index is 13.8. The topological polar surface area (TPSA) is 46.6 Å². The maximum atomic E-state index is 13.8. The molecule has 0 unspecified atom stereocenters. The van der Waals surface area contributed by atoms with Crippen molar-refractivity contribution in [2.24, 2.45) is 5.92 Å². The number of rotatable bonds is 4. The fraction of sp³-hybridized carbons (Fsp3) is 0.500. The number of piperidine rings is 1. The van der Waals surface area contributed by atoms with Crippen LogP contribution in [0.1, 0.15) is 36.5 Å². The molecule has 1 aromatic rings. The summed E-state index contributed by atoms with van der Waals surface area (Å²) >= 11 is 5.49. The zero-order valence-corrected chi connectivity index (χ0v) is 13.5. The molecule has 0 atom stereocenters. The molecular formula is C16H18ClF2NO3. The number of nitrogens with zero attached hydrogens (tertiary/aromatic N) is 1. The minimum Gasteiger partial charge on any atom is -0.466 e. The number of hydrogen-bond donors (Lipinski definition) is 0. The molecule has 1 aliphatic rings. The van der Waals surface area contributed by atoms with Crippen molar-refractivity contribution in [1.82, 2.24) is 4.90 Å². The van der Waals surface area contributed by atoms with E-state index in [4.69, 9.17) is 16.3 Å². The third-order valence-electron chi connectivity index (χ3n) is 3.90. The molecule has 0 bridgehead atoms. The van der Waals surface area contributed by atoms with Crippen molar-refractivity contribution in [3.05, 3.63) is 34.4 Å². The van der Waals surface area contributed by atoms with E-state index in [2.05, 4.69) is 0 Å². The molecule has 1 heterocycles. The van der Waals surface area contributed by atoms with Gasteiger partial charge in [0.2, 0.25) is 0 Å². The summed E-state index contributed by atoms with van der Waals surface area (Å²) in [6.07, 6.45) is 1.57. The molecule has 2 rings (SSSR count). The van der Waals surface area contributed by atoms with E-state index in [-0.39, 0.29) is 22.5 Å². The van der Waals surface area contributed by atoms with Crippen LogP contribution in [0.5, 0.6) is 0 Å². The quantitative estimate of drug-likeness (QED) is 0.620. The van der Waals surface area contributed by atoms with Crippen LogP contribution in [-0.4, -0.2) is 36.5 Å². The molecule has 23 heavy (non-hydrogen) atoms. The molecule has 0 aliphatic carbocycles. The monoisotopic (exact) mass is 345 g/mol. The van der Waals surface area contributed by atoms with Gasteiger partial charge in [0.25, 0.3) is 5.91 Å². The molecule has 0 aromatic heterocycles. The molecule has 0 saturated carbocycles. The molecule has 1 fully saturated rings. The second-order valence-corrected chi connectivity index (χ2v) is 5.90. The largest absolute Gasteiger partial charge is 0.466 e. The fourth-order valence-corrected chi connectivity index (χ4v) is 2.80. The number of likely N-dealkylation sites (tertiary alicyclic amines) is 1. The van der Waals surface area contributed by atoms with E-state index in [1.165, 1.54) is 4.90 Å². The number of carbonyl (C=O) groups is 2. The molecule has 0 spiro atoms. The third kappa shape index (κ3) is 4.41. The Bertz CT molecular complexity index is 601. The van der Waals surface area contributed by atoms with Crippen LogP contribution in [0, 0.1) is 17.6 Å².